The van der Waals surface area contributed by atoms with Crippen LogP contribution >= 0.6 is 0 Å². The van der Waals surface area contributed by atoms with Gasteiger partial charge in [-0.2, -0.15) is 0 Å². The first-order valence-electron chi connectivity index (χ1n) is 5.28. The lowest BCUT2D eigenvalue weighted by atomic mass is 10.1. The minimum absolute atomic E-state index is 0.122. The first-order chi connectivity index (χ1) is 7.83. The van der Waals surface area contributed by atoms with E-state index in [4.69, 9.17) is 5.11 Å². The number of aliphatic hydroxyl groups is 1. The van der Waals surface area contributed by atoms with Crippen LogP contribution in [-0.2, 0) is 0 Å². The van der Waals surface area contributed by atoms with Crippen LogP contribution < -0.4 is 10.0 Å². The molecular weight excluding hydrogens is 204 g/mol. The van der Waals surface area contributed by atoms with E-state index in [-0.39, 0.29) is 6.61 Å². The number of aliphatic hydroxyl groups excluding tert-OH is 1. The highest BCUT2D eigenvalue weighted by atomic mass is 16.5. The number of rotatable bonds is 4. The Morgan fingerprint density at radius 1 is 1.25 bits per heavy atom. The van der Waals surface area contributed by atoms with Crippen LogP contribution in [0.1, 0.15) is 6.42 Å². The predicted molar refractivity (Wildman–Crippen MR) is 63.1 cm³/mol. The summed E-state index contributed by atoms with van der Waals surface area (Å²) in [5.74, 6) is 0.548. The predicted octanol–water partition coefficient (Wildman–Crippen LogP) is 1.27. The first-order valence-corrected chi connectivity index (χ1v) is 5.28. The van der Waals surface area contributed by atoms with Crippen LogP contribution in [0.3, 0.4) is 0 Å². The molecule has 1 heterocycles. The third-order valence-electron chi connectivity index (χ3n) is 2.45. The Kier molecular flexibility index (Phi) is 3.22. The van der Waals surface area contributed by atoms with E-state index in [2.05, 4.69) is 5.32 Å². The van der Waals surface area contributed by atoms with E-state index in [0.717, 1.165) is 15.5 Å². The van der Waals surface area contributed by atoms with Crippen LogP contribution in [0.2, 0.25) is 0 Å². The first kappa shape index (κ1) is 10.7. The molecule has 0 atom stereocenters. The molecule has 4 nitrogen and oxygen atoms in total. The van der Waals surface area contributed by atoms with Crippen LogP contribution in [0.4, 0.5) is 5.82 Å². The van der Waals surface area contributed by atoms with Crippen LogP contribution in [0, 0.1) is 5.21 Å². The summed E-state index contributed by atoms with van der Waals surface area (Å²) in [6, 6.07) is 9.51. The molecule has 2 rings (SSSR count). The van der Waals surface area contributed by atoms with Crippen LogP contribution in [0.25, 0.3) is 10.8 Å². The molecule has 0 unspecified atom stereocenters. The van der Waals surface area contributed by atoms with Gasteiger partial charge in [-0.15, -0.1) is 0 Å². The van der Waals surface area contributed by atoms with Gasteiger partial charge in [0.2, 0.25) is 0 Å². The maximum atomic E-state index is 11.6. The second-order valence-electron chi connectivity index (χ2n) is 3.58. The fourth-order valence-electron chi connectivity index (χ4n) is 1.66. The smallest absolute Gasteiger partial charge is 0.285 e. The number of hydrogen-bond acceptors (Lipinski definition) is 3. The quantitative estimate of drug-likeness (QED) is 0.461. The Labute approximate surface area is 93.7 Å². The molecule has 4 heteroatoms. The number of fused-ring (bicyclic) bond motifs is 1. The molecule has 2 N–H and O–H groups in total. The van der Waals surface area contributed by atoms with E-state index in [0.29, 0.717) is 18.8 Å². The summed E-state index contributed by atoms with van der Waals surface area (Å²) >= 11 is 0. The molecule has 0 aliphatic heterocycles. The molecule has 1 aromatic carbocycles. The van der Waals surface area contributed by atoms with Gasteiger partial charge in [-0.05, 0) is 17.5 Å². The van der Waals surface area contributed by atoms with Crippen molar-refractivity contribution in [3.8, 4) is 0 Å². The van der Waals surface area contributed by atoms with Crippen LogP contribution in [-0.4, -0.2) is 18.3 Å². The average molecular weight is 218 g/mol. The van der Waals surface area contributed by atoms with Gasteiger partial charge in [-0.25, -0.2) is 4.73 Å². The molecule has 0 spiro atoms. The lowest BCUT2D eigenvalue weighted by Crippen LogP contribution is -2.30. The molecular formula is C12H14N2O2. The normalized spacial score (nSPS) is 10.6. The fraction of sp³-hybridized carbons (Fsp3) is 0.250. The summed E-state index contributed by atoms with van der Waals surface area (Å²) in [6.07, 6.45) is 2.12. The second-order valence-corrected chi connectivity index (χ2v) is 3.58. The Balaban J connectivity index is 2.37. The highest BCUT2D eigenvalue weighted by Gasteiger charge is 2.08. The van der Waals surface area contributed by atoms with E-state index in [9.17, 15) is 5.21 Å². The Bertz CT molecular complexity index is 485. The van der Waals surface area contributed by atoms with Crippen molar-refractivity contribution in [1.82, 2.24) is 0 Å². The van der Waals surface area contributed by atoms with Gasteiger partial charge in [0.25, 0.3) is 5.82 Å². The molecule has 2 aromatic rings. The van der Waals surface area contributed by atoms with Crippen molar-refractivity contribution in [3.05, 3.63) is 41.7 Å². The van der Waals surface area contributed by atoms with Crippen molar-refractivity contribution in [1.29, 1.82) is 0 Å². The van der Waals surface area contributed by atoms with Gasteiger partial charge in [0.15, 0.2) is 0 Å². The minimum atomic E-state index is 0.122. The van der Waals surface area contributed by atoms with Crippen molar-refractivity contribution in [2.45, 2.75) is 6.42 Å². The molecule has 84 valence electrons. The van der Waals surface area contributed by atoms with Crippen molar-refractivity contribution in [3.63, 3.8) is 0 Å². The zero-order valence-corrected chi connectivity index (χ0v) is 8.89. The van der Waals surface area contributed by atoms with Crippen molar-refractivity contribution in [2.75, 3.05) is 18.5 Å². The van der Waals surface area contributed by atoms with E-state index >= 15 is 0 Å². The van der Waals surface area contributed by atoms with E-state index in [1.165, 1.54) is 6.20 Å². The summed E-state index contributed by atoms with van der Waals surface area (Å²) in [6.45, 7) is 0.712. The summed E-state index contributed by atoms with van der Waals surface area (Å²) in [7, 11) is 0. The maximum absolute atomic E-state index is 11.6. The lowest BCUT2D eigenvalue weighted by Gasteiger charge is -2.10. The lowest BCUT2D eigenvalue weighted by molar-refractivity contribution is -0.589. The number of aromatic nitrogens is 1. The van der Waals surface area contributed by atoms with Gasteiger partial charge < -0.3 is 10.3 Å². The second kappa shape index (κ2) is 4.81. The van der Waals surface area contributed by atoms with Gasteiger partial charge in [0.05, 0.1) is 18.1 Å². The van der Waals surface area contributed by atoms with Gasteiger partial charge in [-0.1, -0.05) is 18.2 Å². The topological polar surface area (TPSA) is 59.2 Å². The fourth-order valence-corrected chi connectivity index (χ4v) is 1.66. The molecule has 0 fully saturated rings. The summed E-state index contributed by atoms with van der Waals surface area (Å²) < 4.78 is 0.819. The zero-order valence-electron chi connectivity index (χ0n) is 8.89. The van der Waals surface area contributed by atoms with Gasteiger partial charge in [0.1, 0.15) is 0 Å². The Morgan fingerprint density at radius 2 is 2.06 bits per heavy atom. The van der Waals surface area contributed by atoms with E-state index in [1.54, 1.807) is 6.07 Å². The monoisotopic (exact) mass is 218 g/mol. The molecule has 0 saturated carbocycles. The maximum Gasteiger partial charge on any atom is 0.285 e. The third kappa shape index (κ3) is 2.06. The largest absolute Gasteiger partial charge is 0.711 e. The number of nitrogens with one attached hydrogen (secondary N) is 1. The van der Waals surface area contributed by atoms with Crippen molar-refractivity contribution < 1.29 is 9.84 Å². The molecule has 0 bridgehead atoms. The molecule has 0 saturated heterocycles. The van der Waals surface area contributed by atoms with Gasteiger partial charge in [0, 0.05) is 13.0 Å². The summed E-state index contributed by atoms with van der Waals surface area (Å²) in [5, 5.41) is 25.3. The molecule has 0 aliphatic carbocycles. The van der Waals surface area contributed by atoms with E-state index in [1.807, 2.05) is 24.3 Å². The van der Waals surface area contributed by atoms with Gasteiger partial charge >= 0.3 is 0 Å². The van der Waals surface area contributed by atoms with Crippen LogP contribution in [0.15, 0.2) is 36.5 Å². The highest BCUT2D eigenvalue weighted by Crippen LogP contribution is 2.18. The number of benzene rings is 1. The average Bonchev–Trinajstić information content (AvgIpc) is 2.32. The third-order valence-corrected chi connectivity index (χ3v) is 2.45. The molecule has 0 amide bonds. The Morgan fingerprint density at radius 3 is 2.88 bits per heavy atom. The van der Waals surface area contributed by atoms with Crippen molar-refractivity contribution in [2.24, 2.45) is 0 Å². The molecule has 16 heavy (non-hydrogen) atoms. The van der Waals surface area contributed by atoms with Crippen LogP contribution in [0.5, 0.6) is 0 Å². The number of anilines is 1. The Hall–Kier alpha value is -1.81. The van der Waals surface area contributed by atoms with Crippen molar-refractivity contribution >= 4 is 16.6 Å². The van der Waals surface area contributed by atoms with E-state index < -0.39 is 0 Å². The SMILES string of the molecule is [O-][n+]1ccc2ccccc2c1NCCCO. The summed E-state index contributed by atoms with van der Waals surface area (Å²) in [5.41, 5.74) is 0. The molecule has 1 aromatic heterocycles. The standard InChI is InChI=1S/C12H14N2O2/c15-9-3-7-13-12-11-5-2-1-4-10(11)6-8-14(12)16/h1-2,4-6,8,13,15H,3,7,9H2. The number of pyridine rings is 1. The zero-order chi connectivity index (χ0) is 11.4. The summed E-state index contributed by atoms with van der Waals surface area (Å²) in [4.78, 5) is 0. The number of hydrogen-bond donors (Lipinski definition) is 2. The van der Waals surface area contributed by atoms with Gasteiger partial charge in [-0.3, -0.25) is 5.32 Å². The molecule has 0 aliphatic rings. The highest BCUT2D eigenvalue weighted by molar-refractivity contribution is 5.90. The molecule has 0 radical (unpaired) electrons. The minimum Gasteiger partial charge on any atom is -0.711 e. The number of nitrogens with zero attached hydrogens (tertiary/aromatic N) is 1.